The minimum Gasteiger partial charge on any atom is -0.504 e. The Bertz CT molecular complexity index is 3010. The molecule has 14 N–H and O–H groups in total. The molecule has 65 heavy (non-hydrogen) atoms. The molecule has 9 rings (SSSR count). The van der Waals surface area contributed by atoms with Crippen LogP contribution in [-0.4, -0.2) is 133 Å². The number of hydrogen-bond donors (Lipinski definition) is 14. The lowest BCUT2D eigenvalue weighted by Gasteiger charge is -2.43. The lowest BCUT2D eigenvalue weighted by molar-refractivity contribution is -0.284. The molecule has 4 heterocycles. The molecule has 5 atom stereocenters. The number of rotatable bonds is 0. The van der Waals surface area contributed by atoms with Crippen LogP contribution < -0.4 is 9.47 Å². The van der Waals surface area contributed by atoms with E-state index in [9.17, 15) is 90.7 Å². The monoisotopic (exact) mass is 906 g/mol. The van der Waals surface area contributed by atoms with Crippen molar-refractivity contribution in [2.45, 2.75) is 30.7 Å². The zero-order valence-corrected chi connectivity index (χ0v) is 31.7. The minimum absolute atomic E-state index is 0.470. The van der Waals surface area contributed by atoms with Gasteiger partial charge in [-0.15, -0.1) is 0 Å². The number of cyclic esters (lactones) is 1. The highest BCUT2D eigenvalue weighted by Gasteiger charge is 2.54. The van der Waals surface area contributed by atoms with Crippen LogP contribution >= 0.6 is 0 Å². The van der Waals surface area contributed by atoms with Gasteiger partial charge in [-0.1, -0.05) is 0 Å². The van der Waals surface area contributed by atoms with Crippen molar-refractivity contribution in [3.63, 3.8) is 0 Å². The standard InChI is InChI=1S/C40H26O25/c41-11-1-7-18(26(50)22(11)46)19-8(2-12(42)23(47)27(19)51)39(57)65-35-34(64-38(7)56)32-17(61-40(35)58)6-59-36(54)10-4-15(45)30-33(60-16-5-14(44)25(49)29(53)31(16)62-30)21(10)20-9(37(55)63-32)3-13(43)24(48)28(20)52/h1-5,17,32,34-35,40-53,58H,6H2. The highest BCUT2D eigenvalue weighted by Crippen LogP contribution is 2.62. The van der Waals surface area contributed by atoms with Crippen LogP contribution in [0.2, 0.25) is 0 Å². The molecular formula is C40H26O25. The van der Waals surface area contributed by atoms with Crippen LogP contribution in [0.3, 0.4) is 0 Å². The van der Waals surface area contributed by atoms with E-state index in [0.717, 1.165) is 0 Å². The molecule has 4 aliphatic rings. The van der Waals surface area contributed by atoms with Crippen LogP contribution in [0.25, 0.3) is 22.3 Å². The van der Waals surface area contributed by atoms with Gasteiger partial charge in [-0.3, -0.25) is 0 Å². The van der Waals surface area contributed by atoms with Crippen LogP contribution in [0.1, 0.15) is 41.4 Å². The molecule has 0 aliphatic carbocycles. The molecule has 1 fully saturated rings. The lowest BCUT2D eigenvalue weighted by atomic mass is 9.91. The van der Waals surface area contributed by atoms with Gasteiger partial charge < -0.3 is 105 Å². The van der Waals surface area contributed by atoms with Crippen molar-refractivity contribution in [1.82, 2.24) is 0 Å². The number of aliphatic hydroxyl groups excluding tert-OH is 1. The van der Waals surface area contributed by atoms with Crippen molar-refractivity contribution < 1.29 is 124 Å². The van der Waals surface area contributed by atoms with Crippen molar-refractivity contribution in [2.24, 2.45) is 0 Å². The predicted molar refractivity (Wildman–Crippen MR) is 201 cm³/mol. The predicted octanol–water partition coefficient (Wildman–Crippen LogP) is 2.27. The molecule has 4 aliphatic heterocycles. The Morgan fingerprint density at radius 2 is 0.815 bits per heavy atom. The van der Waals surface area contributed by atoms with Crippen LogP contribution in [0.5, 0.6) is 97.7 Å². The van der Waals surface area contributed by atoms with E-state index in [2.05, 4.69) is 0 Å². The van der Waals surface area contributed by atoms with Crippen LogP contribution in [0.15, 0.2) is 30.3 Å². The number of esters is 4. The number of phenols is 13. The SMILES string of the molecule is O=C1OC2C(O)OC3COC(=O)c4cc(O)c5c(c4-c4c(cc(O)c(O)c4O)C(=O)OC3C2OC(=O)c2cc(O)c(O)c(O)c2-c2c1cc(O)c(O)c2O)Oc1cc(O)c(O)c(O)c1O5. The maximum atomic E-state index is 14.5. The van der Waals surface area contributed by atoms with Crippen LogP contribution in [0.4, 0.5) is 0 Å². The summed E-state index contributed by atoms with van der Waals surface area (Å²) in [5.74, 6) is -25.3. The molecule has 5 aromatic carbocycles. The summed E-state index contributed by atoms with van der Waals surface area (Å²) in [6.07, 6.45) is -11.3. The van der Waals surface area contributed by atoms with Gasteiger partial charge in [-0.05, 0) is 24.3 Å². The van der Waals surface area contributed by atoms with E-state index < -0.39 is 203 Å². The molecule has 0 saturated carbocycles. The smallest absolute Gasteiger partial charge is 0.339 e. The van der Waals surface area contributed by atoms with Crippen molar-refractivity contribution in [2.75, 3.05) is 6.61 Å². The first-order valence-corrected chi connectivity index (χ1v) is 18.2. The van der Waals surface area contributed by atoms with E-state index in [1.807, 2.05) is 0 Å². The molecule has 25 nitrogen and oxygen atoms in total. The third-order valence-electron chi connectivity index (χ3n) is 10.7. The number of carbonyl (C=O) groups is 4. The Labute approximate surface area is 357 Å². The summed E-state index contributed by atoms with van der Waals surface area (Å²) in [4.78, 5) is 56.8. The molecule has 5 unspecified atom stereocenters. The number of fused-ring (bicyclic) bond motifs is 12. The zero-order valence-electron chi connectivity index (χ0n) is 31.7. The van der Waals surface area contributed by atoms with E-state index in [1.165, 1.54) is 0 Å². The average Bonchev–Trinajstić information content (AvgIpc) is 3.27. The van der Waals surface area contributed by atoms with E-state index >= 15 is 0 Å². The minimum atomic E-state index is -2.44. The van der Waals surface area contributed by atoms with E-state index in [4.69, 9.17) is 33.2 Å². The van der Waals surface area contributed by atoms with Gasteiger partial charge in [0.1, 0.15) is 12.7 Å². The lowest BCUT2D eigenvalue weighted by Crippen LogP contribution is -2.62. The molecule has 336 valence electrons. The summed E-state index contributed by atoms with van der Waals surface area (Å²) < 4.78 is 39.1. The molecule has 1 saturated heterocycles. The first kappa shape index (κ1) is 41.3. The van der Waals surface area contributed by atoms with Gasteiger partial charge >= 0.3 is 23.9 Å². The second-order valence-electron chi connectivity index (χ2n) is 14.4. The van der Waals surface area contributed by atoms with E-state index in [0.29, 0.717) is 30.3 Å². The molecule has 25 heteroatoms. The molecular weight excluding hydrogens is 880 g/mol. The van der Waals surface area contributed by atoms with Crippen molar-refractivity contribution in [1.29, 1.82) is 0 Å². The summed E-state index contributed by atoms with van der Waals surface area (Å²) in [5, 5.41) is 150. The van der Waals surface area contributed by atoms with Crippen molar-refractivity contribution in [3.05, 3.63) is 52.6 Å². The zero-order chi connectivity index (χ0) is 46.8. The summed E-state index contributed by atoms with van der Waals surface area (Å²) >= 11 is 0. The fourth-order valence-corrected chi connectivity index (χ4v) is 7.63. The highest BCUT2D eigenvalue weighted by atomic mass is 16.7. The highest BCUT2D eigenvalue weighted by molar-refractivity contribution is 6.10. The number of hydrogen-bond acceptors (Lipinski definition) is 25. The first-order chi connectivity index (χ1) is 30.7. The quantitative estimate of drug-likeness (QED) is 0.0590. The fraction of sp³-hybridized carbons (Fsp3) is 0.150. The van der Waals surface area contributed by atoms with Gasteiger partial charge in [0, 0.05) is 28.3 Å². The Morgan fingerprint density at radius 3 is 1.34 bits per heavy atom. The maximum Gasteiger partial charge on any atom is 0.339 e. The number of carbonyl (C=O) groups excluding carboxylic acids is 4. The Balaban J connectivity index is 1.23. The fourth-order valence-electron chi connectivity index (χ4n) is 7.63. The number of ether oxygens (including phenoxy) is 7. The summed E-state index contributed by atoms with van der Waals surface area (Å²) in [7, 11) is 0. The summed E-state index contributed by atoms with van der Waals surface area (Å²) in [6.45, 7) is -1.12. The normalized spacial score (nSPS) is 20.8. The van der Waals surface area contributed by atoms with Gasteiger partial charge in [0.15, 0.2) is 82.1 Å². The molecule has 0 aromatic heterocycles. The molecule has 0 spiro atoms. The van der Waals surface area contributed by atoms with Crippen molar-refractivity contribution >= 4 is 23.9 Å². The number of benzene rings is 5. The van der Waals surface area contributed by atoms with Gasteiger partial charge in [0.2, 0.25) is 40.2 Å². The second kappa shape index (κ2) is 14.2. The third kappa shape index (κ3) is 6.01. The molecule has 0 amide bonds. The second-order valence-corrected chi connectivity index (χ2v) is 14.4. The average molecular weight is 907 g/mol. The number of phenolic OH excluding ortho intramolecular Hbond substituents is 13. The Kier molecular flexibility index (Phi) is 9.03. The van der Waals surface area contributed by atoms with Crippen LogP contribution in [-0.2, 0) is 23.7 Å². The van der Waals surface area contributed by atoms with Gasteiger partial charge in [-0.25, -0.2) is 19.2 Å². The molecule has 5 aromatic rings. The maximum absolute atomic E-state index is 14.5. The van der Waals surface area contributed by atoms with Gasteiger partial charge in [-0.2, -0.15) is 0 Å². The van der Waals surface area contributed by atoms with Crippen molar-refractivity contribution in [3.8, 4) is 120 Å². The Morgan fingerprint density at radius 1 is 0.400 bits per heavy atom. The first-order valence-electron chi connectivity index (χ1n) is 18.2. The number of aliphatic hydroxyl groups is 1. The summed E-state index contributed by atoms with van der Waals surface area (Å²) in [6, 6.07) is 2.80. The molecule has 0 bridgehead atoms. The Hall–Kier alpha value is -9.10. The third-order valence-corrected chi connectivity index (χ3v) is 10.7. The molecule has 0 radical (unpaired) electrons. The summed E-state index contributed by atoms with van der Waals surface area (Å²) in [5.41, 5.74) is -7.53. The number of aromatic hydroxyl groups is 13. The van der Waals surface area contributed by atoms with E-state index in [-0.39, 0.29) is 0 Å². The largest absolute Gasteiger partial charge is 0.504 e. The van der Waals surface area contributed by atoms with Gasteiger partial charge in [0.05, 0.1) is 22.3 Å². The van der Waals surface area contributed by atoms with E-state index in [1.54, 1.807) is 0 Å². The topological polar surface area (TPSA) is 416 Å². The van der Waals surface area contributed by atoms with Crippen LogP contribution in [0, 0.1) is 0 Å². The van der Waals surface area contributed by atoms with Gasteiger partial charge in [0.25, 0.3) is 0 Å².